The van der Waals surface area contributed by atoms with Gasteiger partial charge in [-0.2, -0.15) is 0 Å². The molecule has 0 saturated carbocycles. The average Bonchev–Trinajstić information content (AvgIpc) is 2.54. The Labute approximate surface area is 127 Å². The second kappa shape index (κ2) is 7.84. The lowest BCUT2D eigenvalue weighted by Gasteiger charge is -2.11. The summed E-state index contributed by atoms with van der Waals surface area (Å²) in [6.07, 6.45) is 3.15. The number of hydrogen-bond acceptors (Lipinski definition) is 2. The Hall–Kier alpha value is -1.80. The third-order valence-corrected chi connectivity index (χ3v) is 3.83. The number of ether oxygens (including phenoxy) is 1. The Kier molecular flexibility index (Phi) is 5.82. The number of hydrogen-bond donors (Lipinski definition) is 1. The molecule has 1 N–H and O–H groups in total. The molecule has 0 aliphatic carbocycles. The van der Waals surface area contributed by atoms with Crippen LogP contribution in [0.1, 0.15) is 30.0 Å². The largest absolute Gasteiger partial charge is 0.497 e. The number of aryl methyl sites for hydroxylation is 2. The van der Waals surface area contributed by atoms with E-state index in [1.54, 1.807) is 7.11 Å². The summed E-state index contributed by atoms with van der Waals surface area (Å²) in [5.41, 5.74) is 3.78. The third kappa shape index (κ3) is 4.91. The van der Waals surface area contributed by atoms with E-state index in [4.69, 9.17) is 4.74 Å². The molecule has 0 aromatic heterocycles. The topological polar surface area (TPSA) is 29.5 Å². The van der Waals surface area contributed by atoms with Gasteiger partial charge in [0.2, 0.25) is 0 Å². The molecule has 0 heterocycles. The Morgan fingerprint density at radius 2 is 1.48 bits per heavy atom. The van der Waals surface area contributed by atoms with Crippen LogP contribution in [0.5, 0.6) is 5.75 Å². The summed E-state index contributed by atoms with van der Waals surface area (Å²) in [6, 6.07) is 16.6. The molecule has 0 radical (unpaired) electrons. The zero-order valence-electron chi connectivity index (χ0n) is 12.9. The van der Waals surface area contributed by atoms with Gasteiger partial charge in [0.15, 0.2) is 0 Å². The number of aliphatic hydroxyl groups is 1. The maximum Gasteiger partial charge on any atom is 0.118 e. The molecule has 2 heteroatoms. The Balaban J connectivity index is 1.81. The highest BCUT2D eigenvalue weighted by molar-refractivity contribution is 5.27. The van der Waals surface area contributed by atoms with E-state index >= 15 is 0 Å². The first-order valence-corrected chi connectivity index (χ1v) is 7.60. The molecule has 1 atom stereocenters. The maximum absolute atomic E-state index is 10.2. The number of rotatable bonds is 7. The standard InChI is InChI=1S/C19H24O2/c1-3-15-4-6-17(7-5-15)14-18(20)11-8-16-9-12-19(21-2)13-10-16/h4-7,9-10,12-13,18,20H,3,8,11,14H2,1-2H3. The molecule has 0 aliphatic heterocycles. The highest BCUT2D eigenvalue weighted by atomic mass is 16.5. The molecule has 0 fully saturated rings. The summed E-state index contributed by atoms with van der Waals surface area (Å²) < 4.78 is 5.14. The van der Waals surface area contributed by atoms with Gasteiger partial charge in [-0.05, 0) is 54.5 Å². The third-order valence-electron chi connectivity index (χ3n) is 3.83. The van der Waals surface area contributed by atoms with E-state index < -0.39 is 0 Å². The van der Waals surface area contributed by atoms with Crippen molar-refractivity contribution in [2.24, 2.45) is 0 Å². The quantitative estimate of drug-likeness (QED) is 0.838. The predicted octanol–water partition coefficient (Wildman–Crippen LogP) is 3.79. The van der Waals surface area contributed by atoms with Crippen LogP contribution in [0.15, 0.2) is 48.5 Å². The van der Waals surface area contributed by atoms with E-state index in [-0.39, 0.29) is 6.10 Å². The summed E-state index contributed by atoms with van der Waals surface area (Å²) in [5.74, 6) is 0.871. The molecule has 0 bridgehead atoms. The van der Waals surface area contributed by atoms with Crippen molar-refractivity contribution in [2.75, 3.05) is 7.11 Å². The first-order chi connectivity index (χ1) is 10.2. The van der Waals surface area contributed by atoms with Gasteiger partial charge in [-0.3, -0.25) is 0 Å². The van der Waals surface area contributed by atoms with Crippen LogP contribution in [0.2, 0.25) is 0 Å². The number of aliphatic hydroxyl groups excluding tert-OH is 1. The molecule has 1 unspecified atom stereocenters. The zero-order valence-corrected chi connectivity index (χ0v) is 12.9. The second-order valence-electron chi connectivity index (χ2n) is 5.41. The summed E-state index contributed by atoms with van der Waals surface area (Å²) in [7, 11) is 1.67. The van der Waals surface area contributed by atoms with Crippen LogP contribution in [0, 0.1) is 0 Å². The summed E-state index contributed by atoms with van der Waals surface area (Å²) in [4.78, 5) is 0. The molecule has 2 aromatic rings. The first-order valence-electron chi connectivity index (χ1n) is 7.60. The molecular weight excluding hydrogens is 260 g/mol. The normalized spacial score (nSPS) is 12.1. The van der Waals surface area contributed by atoms with Crippen LogP contribution >= 0.6 is 0 Å². The molecule has 0 spiro atoms. The highest BCUT2D eigenvalue weighted by Gasteiger charge is 2.06. The van der Waals surface area contributed by atoms with Crippen molar-refractivity contribution >= 4 is 0 Å². The number of methoxy groups -OCH3 is 1. The molecule has 21 heavy (non-hydrogen) atoms. The van der Waals surface area contributed by atoms with E-state index in [2.05, 4.69) is 43.3 Å². The van der Waals surface area contributed by atoms with Crippen molar-refractivity contribution in [3.05, 3.63) is 65.2 Å². The predicted molar refractivity (Wildman–Crippen MR) is 86.8 cm³/mol. The fourth-order valence-corrected chi connectivity index (χ4v) is 2.41. The van der Waals surface area contributed by atoms with Gasteiger partial charge in [0, 0.05) is 0 Å². The average molecular weight is 284 g/mol. The maximum atomic E-state index is 10.2. The van der Waals surface area contributed by atoms with Gasteiger partial charge in [-0.25, -0.2) is 0 Å². The van der Waals surface area contributed by atoms with E-state index in [1.807, 2.05) is 12.1 Å². The van der Waals surface area contributed by atoms with Crippen molar-refractivity contribution in [1.29, 1.82) is 0 Å². The van der Waals surface area contributed by atoms with Crippen molar-refractivity contribution in [1.82, 2.24) is 0 Å². The van der Waals surface area contributed by atoms with Crippen molar-refractivity contribution in [3.8, 4) is 5.75 Å². The SMILES string of the molecule is CCc1ccc(CC(O)CCc2ccc(OC)cc2)cc1. The van der Waals surface area contributed by atoms with Gasteiger partial charge >= 0.3 is 0 Å². The minimum Gasteiger partial charge on any atom is -0.497 e. The van der Waals surface area contributed by atoms with E-state index in [9.17, 15) is 5.11 Å². The first kappa shape index (κ1) is 15.6. The minimum atomic E-state index is -0.292. The molecule has 112 valence electrons. The fourth-order valence-electron chi connectivity index (χ4n) is 2.41. The molecule has 0 amide bonds. The van der Waals surface area contributed by atoms with E-state index in [0.717, 1.165) is 31.4 Å². The second-order valence-corrected chi connectivity index (χ2v) is 5.41. The van der Waals surface area contributed by atoms with Crippen LogP contribution < -0.4 is 4.74 Å². The van der Waals surface area contributed by atoms with Crippen LogP contribution in [0.25, 0.3) is 0 Å². The van der Waals surface area contributed by atoms with Crippen molar-refractivity contribution in [2.45, 2.75) is 38.7 Å². The van der Waals surface area contributed by atoms with Gasteiger partial charge in [0.05, 0.1) is 13.2 Å². The molecule has 2 aromatic carbocycles. The van der Waals surface area contributed by atoms with Crippen molar-refractivity contribution in [3.63, 3.8) is 0 Å². The van der Waals surface area contributed by atoms with E-state index in [0.29, 0.717) is 0 Å². The van der Waals surface area contributed by atoms with Crippen LogP contribution in [-0.2, 0) is 19.3 Å². The summed E-state index contributed by atoms with van der Waals surface area (Å²) in [5, 5.41) is 10.2. The van der Waals surface area contributed by atoms with Gasteiger partial charge in [0.1, 0.15) is 5.75 Å². The smallest absolute Gasteiger partial charge is 0.118 e. The van der Waals surface area contributed by atoms with Gasteiger partial charge in [-0.15, -0.1) is 0 Å². The van der Waals surface area contributed by atoms with Gasteiger partial charge in [-0.1, -0.05) is 43.3 Å². The fraction of sp³-hybridized carbons (Fsp3) is 0.368. The lowest BCUT2D eigenvalue weighted by molar-refractivity contribution is 0.165. The molecule has 2 rings (SSSR count). The zero-order chi connectivity index (χ0) is 15.1. The number of benzene rings is 2. The Bertz CT molecular complexity index is 528. The van der Waals surface area contributed by atoms with Crippen molar-refractivity contribution < 1.29 is 9.84 Å². The van der Waals surface area contributed by atoms with E-state index in [1.165, 1.54) is 16.7 Å². The molecule has 2 nitrogen and oxygen atoms in total. The van der Waals surface area contributed by atoms with Crippen LogP contribution in [0.4, 0.5) is 0 Å². The van der Waals surface area contributed by atoms with Gasteiger partial charge in [0.25, 0.3) is 0 Å². The Morgan fingerprint density at radius 3 is 2.05 bits per heavy atom. The summed E-state index contributed by atoms with van der Waals surface area (Å²) >= 11 is 0. The van der Waals surface area contributed by atoms with Crippen LogP contribution in [-0.4, -0.2) is 18.3 Å². The lowest BCUT2D eigenvalue weighted by atomic mass is 10.00. The lowest BCUT2D eigenvalue weighted by Crippen LogP contribution is -2.11. The summed E-state index contributed by atoms with van der Waals surface area (Å²) in [6.45, 7) is 2.15. The molecule has 0 saturated heterocycles. The minimum absolute atomic E-state index is 0.292. The van der Waals surface area contributed by atoms with Gasteiger partial charge < -0.3 is 9.84 Å². The van der Waals surface area contributed by atoms with Crippen LogP contribution in [0.3, 0.4) is 0 Å². The highest BCUT2D eigenvalue weighted by Crippen LogP contribution is 2.15. The monoisotopic (exact) mass is 284 g/mol. The molecular formula is C19H24O2. The molecule has 0 aliphatic rings. The Morgan fingerprint density at radius 1 is 0.905 bits per heavy atom.